The molecule has 0 radical (unpaired) electrons. The highest BCUT2D eigenvalue weighted by Gasteiger charge is 2.40. The van der Waals surface area contributed by atoms with E-state index in [-0.39, 0.29) is 11.1 Å². The van der Waals surface area contributed by atoms with Crippen LogP contribution in [0.1, 0.15) is 53.4 Å². The standard InChI is InChI=1S/C19H21N3O3S2/c1-18(2)8-11-12(9-20)16(27-15(11)19(3,4)22-18)21-14(23)10-25-17(24)13-6-5-7-26-13/h5-7,22H,8,10H2,1-4H3,(H,21,23). The zero-order chi connectivity index (χ0) is 19.8. The Morgan fingerprint density at radius 3 is 2.74 bits per heavy atom. The van der Waals surface area contributed by atoms with Gasteiger partial charge in [-0.15, -0.1) is 22.7 Å². The minimum absolute atomic E-state index is 0.152. The van der Waals surface area contributed by atoms with E-state index in [1.165, 1.54) is 22.7 Å². The van der Waals surface area contributed by atoms with Crippen molar-refractivity contribution in [3.8, 4) is 6.07 Å². The van der Waals surface area contributed by atoms with Crippen molar-refractivity contribution in [1.82, 2.24) is 5.32 Å². The summed E-state index contributed by atoms with van der Waals surface area (Å²) in [4.78, 5) is 25.6. The van der Waals surface area contributed by atoms with Crippen LogP contribution < -0.4 is 10.6 Å². The van der Waals surface area contributed by atoms with Gasteiger partial charge in [-0.25, -0.2) is 4.79 Å². The Balaban J connectivity index is 1.76. The minimum atomic E-state index is -0.529. The van der Waals surface area contributed by atoms with Crippen molar-refractivity contribution in [2.45, 2.75) is 45.2 Å². The molecule has 8 heteroatoms. The number of nitriles is 1. The van der Waals surface area contributed by atoms with Gasteiger partial charge in [0.05, 0.1) is 5.56 Å². The summed E-state index contributed by atoms with van der Waals surface area (Å²) in [7, 11) is 0. The number of thiophene rings is 2. The van der Waals surface area contributed by atoms with Crippen molar-refractivity contribution in [3.05, 3.63) is 38.4 Å². The van der Waals surface area contributed by atoms with Gasteiger partial charge in [-0.2, -0.15) is 5.26 Å². The predicted molar refractivity (Wildman–Crippen MR) is 106 cm³/mol. The average molecular weight is 404 g/mol. The molecule has 0 spiro atoms. The van der Waals surface area contributed by atoms with Crippen LogP contribution in [0.4, 0.5) is 5.00 Å². The van der Waals surface area contributed by atoms with Crippen LogP contribution in [0.2, 0.25) is 0 Å². The van der Waals surface area contributed by atoms with Crippen molar-refractivity contribution in [2.75, 3.05) is 11.9 Å². The highest BCUT2D eigenvalue weighted by Crippen LogP contribution is 2.44. The lowest BCUT2D eigenvalue weighted by molar-refractivity contribution is -0.119. The van der Waals surface area contributed by atoms with Crippen LogP contribution >= 0.6 is 22.7 Å². The number of carbonyl (C=O) groups excluding carboxylic acids is 2. The normalized spacial score (nSPS) is 16.9. The van der Waals surface area contributed by atoms with Gasteiger partial charge in [0.1, 0.15) is 15.9 Å². The van der Waals surface area contributed by atoms with E-state index >= 15 is 0 Å². The van der Waals surface area contributed by atoms with Crippen molar-refractivity contribution in [1.29, 1.82) is 5.26 Å². The molecule has 0 atom stereocenters. The summed E-state index contributed by atoms with van der Waals surface area (Å²) in [6, 6.07) is 5.62. The molecule has 2 N–H and O–H groups in total. The molecule has 27 heavy (non-hydrogen) atoms. The Morgan fingerprint density at radius 2 is 2.11 bits per heavy atom. The maximum Gasteiger partial charge on any atom is 0.348 e. The van der Waals surface area contributed by atoms with Gasteiger partial charge in [-0.1, -0.05) is 6.07 Å². The van der Waals surface area contributed by atoms with E-state index in [9.17, 15) is 14.9 Å². The number of rotatable bonds is 4. The van der Waals surface area contributed by atoms with Gasteiger partial charge in [-0.3, -0.25) is 4.79 Å². The van der Waals surface area contributed by atoms with Gasteiger partial charge >= 0.3 is 5.97 Å². The molecule has 0 unspecified atom stereocenters. The number of nitrogens with zero attached hydrogens (tertiary/aromatic N) is 1. The smallest absolute Gasteiger partial charge is 0.348 e. The van der Waals surface area contributed by atoms with E-state index in [0.29, 0.717) is 21.9 Å². The van der Waals surface area contributed by atoms with Crippen molar-refractivity contribution >= 4 is 39.6 Å². The molecule has 0 aromatic carbocycles. The molecular formula is C19H21N3O3S2. The van der Waals surface area contributed by atoms with Crippen LogP contribution in [0.3, 0.4) is 0 Å². The van der Waals surface area contributed by atoms with Crippen LogP contribution in [0.15, 0.2) is 17.5 Å². The Bertz CT molecular complexity index is 921. The summed E-state index contributed by atoms with van der Waals surface area (Å²) in [5.74, 6) is -0.988. The molecule has 0 bridgehead atoms. The molecule has 3 heterocycles. The first-order chi connectivity index (χ1) is 12.6. The first kappa shape index (κ1) is 19.5. The van der Waals surface area contributed by atoms with Crippen LogP contribution in [-0.2, 0) is 21.5 Å². The highest BCUT2D eigenvalue weighted by molar-refractivity contribution is 7.17. The zero-order valence-corrected chi connectivity index (χ0v) is 17.3. The number of nitrogens with one attached hydrogen (secondary N) is 2. The maximum atomic E-state index is 12.3. The van der Waals surface area contributed by atoms with Crippen LogP contribution in [0.25, 0.3) is 0 Å². The predicted octanol–water partition coefficient (Wildman–Crippen LogP) is 3.64. The Labute approximate surface area is 166 Å². The molecule has 0 fully saturated rings. The topological polar surface area (TPSA) is 91.2 Å². The van der Waals surface area contributed by atoms with E-state index in [4.69, 9.17) is 4.74 Å². The number of ether oxygens (including phenoxy) is 1. The summed E-state index contributed by atoms with van der Waals surface area (Å²) in [6.45, 7) is 7.94. The fraction of sp³-hybridized carbons (Fsp3) is 0.421. The third kappa shape index (κ3) is 4.05. The van der Waals surface area contributed by atoms with Crippen molar-refractivity contribution < 1.29 is 14.3 Å². The van der Waals surface area contributed by atoms with Crippen LogP contribution in [0.5, 0.6) is 0 Å². The van der Waals surface area contributed by atoms with Gasteiger partial charge in [-0.05, 0) is 51.1 Å². The maximum absolute atomic E-state index is 12.3. The Morgan fingerprint density at radius 1 is 1.37 bits per heavy atom. The number of fused-ring (bicyclic) bond motifs is 1. The molecule has 2 aromatic rings. The molecule has 2 aromatic heterocycles. The van der Waals surface area contributed by atoms with Crippen molar-refractivity contribution in [2.24, 2.45) is 0 Å². The Hall–Kier alpha value is -2.21. The van der Waals surface area contributed by atoms with E-state index < -0.39 is 18.5 Å². The third-order valence-electron chi connectivity index (χ3n) is 4.27. The van der Waals surface area contributed by atoms with Crippen LogP contribution in [0, 0.1) is 11.3 Å². The monoisotopic (exact) mass is 403 g/mol. The molecule has 1 aliphatic heterocycles. The quantitative estimate of drug-likeness (QED) is 0.761. The van der Waals surface area contributed by atoms with Gasteiger partial charge in [0.15, 0.2) is 6.61 Å². The Kier molecular flexibility index (Phi) is 5.12. The summed E-state index contributed by atoms with van der Waals surface area (Å²) in [5, 5.41) is 18.3. The number of amides is 1. The van der Waals surface area contributed by atoms with Crippen molar-refractivity contribution in [3.63, 3.8) is 0 Å². The molecule has 0 aliphatic carbocycles. The van der Waals surface area contributed by atoms with E-state index in [2.05, 4.69) is 44.4 Å². The van der Waals surface area contributed by atoms with Gasteiger partial charge in [0.25, 0.3) is 5.91 Å². The van der Waals surface area contributed by atoms with E-state index in [0.717, 1.165) is 10.4 Å². The first-order valence-corrected chi connectivity index (χ1v) is 10.2. The molecule has 6 nitrogen and oxygen atoms in total. The van der Waals surface area contributed by atoms with Gasteiger partial charge in [0.2, 0.25) is 0 Å². The molecule has 1 aliphatic rings. The summed E-state index contributed by atoms with van der Waals surface area (Å²) >= 11 is 2.66. The molecule has 142 valence electrons. The zero-order valence-electron chi connectivity index (χ0n) is 15.6. The van der Waals surface area contributed by atoms with Gasteiger partial charge in [0, 0.05) is 16.0 Å². The highest BCUT2D eigenvalue weighted by atomic mass is 32.1. The lowest BCUT2D eigenvalue weighted by Gasteiger charge is -2.42. The third-order valence-corrected chi connectivity index (χ3v) is 6.59. The van der Waals surface area contributed by atoms with Crippen LogP contribution in [-0.4, -0.2) is 24.0 Å². The minimum Gasteiger partial charge on any atom is -0.451 e. The SMILES string of the molecule is CC1(C)Cc2c(sc(NC(=O)COC(=O)c3cccs3)c2C#N)C(C)(C)N1. The number of hydrogen-bond donors (Lipinski definition) is 2. The second-order valence-corrected chi connectivity index (χ2v) is 9.61. The number of anilines is 1. The average Bonchev–Trinajstić information content (AvgIpc) is 3.19. The molecule has 0 saturated carbocycles. The van der Waals surface area contributed by atoms with Gasteiger partial charge < -0.3 is 15.4 Å². The fourth-order valence-electron chi connectivity index (χ4n) is 3.49. The molecule has 1 amide bonds. The summed E-state index contributed by atoms with van der Waals surface area (Å²) < 4.78 is 5.04. The first-order valence-electron chi connectivity index (χ1n) is 8.49. The number of carbonyl (C=O) groups is 2. The molecule has 0 saturated heterocycles. The fourth-order valence-corrected chi connectivity index (χ4v) is 5.35. The largest absolute Gasteiger partial charge is 0.451 e. The lowest BCUT2D eigenvalue weighted by Crippen LogP contribution is -2.54. The molecule has 3 rings (SSSR count). The number of hydrogen-bond acceptors (Lipinski definition) is 7. The lowest BCUT2D eigenvalue weighted by atomic mass is 9.81. The second-order valence-electron chi connectivity index (χ2n) is 7.64. The van der Waals surface area contributed by atoms with E-state index in [1.54, 1.807) is 17.5 Å². The second kappa shape index (κ2) is 7.08. The molecular weight excluding hydrogens is 382 g/mol. The summed E-state index contributed by atoms with van der Waals surface area (Å²) in [5.41, 5.74) is 1.01. The summed E-state index contributed by atoms with van der Waals surface area (Å²) in [6.07, 6.45) is 0.703. The van der Waals surface area contributed by atoms with E-state index in [1.807, 2.05) is 0 Å². The number of esters is 1.